The molecule has 2 aromatic carbocycles. The number of hydrogen-bond acceptors (Lipinski definition) is 9. The van der Waals surface area contributed by atoms with E-state index in [4.69, 9.17) is 14.7 Å². The predicted octanol–water partition coefficient (Wildman–Crippen LogP) is 4.78. The molecule has 0 bridgehead atoms. The van der Waals surface area contributed by atoms with Crippen molar-refractivity contribution in [1.82, 2.24) is 24.3 Å². The summed E-state index contributed by atoms with van der Waals surface area (Å²) in [5.74, 6) is 0.637. The van der Waals surface area contributed by atoms with E-state index in [1.807, 2.05) is 11.9 Å². The highest BCUT2D eigenvalue weighted by Gasteiger charge is 2.44. The highest BCUT2D eigenvalue weighted by molar-refractivity contribution is 6.57. The first-order valence-corrected chi connectivity index (χ1v) is 20.1. The molecule has 3 aromatic rings. The van der Waals surface area contributed by atoms with E-state index in [1.165, 1.54) is 16.3 Å². The largest absolute Gasteiger partial charge is 0.466 e. The molecular formula is C39H47F2N8O2Si. The van der Waals surface area contributed by atoms with Gasteiger partial charge in [0.15, 0.2) is 8.96 Å². The van der Waals surface area contributed by atoms with Crippen molar-refractivity contribution in [2.24, 2.45) is 0 Å². The molecule has 0 spiro atoms. The van der Waals surface area contributed by atoms with Gasteiger partial charge in [0, 0.05) is 81.5 Å². The molecule has 4 aliphatic heterocycles. The van der Waals surface area contributed by atoms with Crippen LogP contribution in [0.5, 0.6) is 6.01 Å². The van der Waals surface area contributed by atoms with Crippen LogP contribution in [0.4, 0.5) is 20.3 Å². The van der Waals surface area contributed by atoms with Crippen molar-refractivity contribution in [3.63, 3.8) is 0 Å². The highest BCUT2D eigenvalue weighted by Crippen LogP contribution is 2.37. The van der Waals surface area contributed by atoms with Crippen molar-refractivity contribution < 1.29 is 18.3 Å². The Hall–Kier alpha value is -4.38. The number of alkyl halides is 2. The quantitative estimate of drug-likeness (QED) is 0.157. The Morgan fingerprint density at radius 1 is 1.15 bits per heavy atom. The minimum Gasteiger partial charge on any atom is -0.466 e. The number of halogens is 2. The maximum atomic E-state index is 15.5. The smallest absolute Gasteiger partial charge is 0.318 e. The van der Waals surface area contributed by atoms with Crippen LogP contribution in [0.3, 0.4) is 0 Å². The molecule has 0 N–H and O–H groups in total. The number of benzene rings is 2. The van der Waals surface area contributed by atoms with E-state index in [1.54, 1.807) is 23.1 Å². The minimum atomic E-state index is -1.33. The average molecular weight is 726 g/mol. The average Bonchev–Trinajstić information content (AvgIpc) is 3.41. The van der Waals surface area contributed by atoms with Crippen molar-refractivity contribution >= 4 is 37.1 Å². The standard InChI is InChI=1S/C39H47F2N8O2Si/c1-4-15-39(41)25-45(3)52(26-39)27-51-38-43-33-24-47(34-11-6-10-29-9-5-8-28(2)36(29)34)18-14-32(33)37(44-38)48-19-20-49(31(23-48)13-16-42)35(50)12-7-17-46-21-30(40)22-46/h4-12,30-31H,1,13-15,17-27H2,2-3H3/b12-7+/t31-,39?/m0/s1. The number of aryl methyl sites for hydroxylation is 1. The van der Waals surface area contributed by atoms with Crippen molar-refractivity contribution in [3.8, 4) is 12.1 Å². The number of likely N-dealkylation sites (tertiary alicyclic amines) is 1. The van der Waals surface area contributed by atoms with E-state index in [0.717, 1.165) is 35.7 Å². The van der Waals surface area contributed by atoms with E-state index in [2.05, 4.69) is 70.3 Å². The van der Waals surface area contributed by atoms with E-state index in [-0.39, 0.29) is 24.4 Å². The van der Waals surface area contributed by atoms with Gasteiger partial charge in [-0.3, -0.25) is 9.69 Å². The molecule has 273 valence electrons. The summed E-state index contributed by atoms with van der Waals surface area (Å²) in [6.45, 7) is 10.3. The van der Waals surface area contributed by atoms with Crippen molar-refractivity contribution in [2.45, 2.75) is 56.7 Å². The van der Waals surface area contributed by atoms with Gasteiger partial charge in [0.1, 0.15) is 17.7 Å². The van der Waals surface area contributed by atoms with Crippen LogP contribution in [-0.4, -0.2) is 123 Å². The van der Waals surface area contributed by atoms with Crippen molar-refractivity contribution in [1.29, 1.82) is 5.26 Å². The fraction of sp³-hybridized carbons (Fsp3) is 0.487. The second-order valence-corrected chi connectivity index (χ2v) is 17.2. The topological polar surface area (TPSA) is 92.1 Å². The lowest BCUT2D eigenvalue weighted by Crippen LogP contribution is -2.55. The van der Waals surface area contributed by atoms with Gasteiger partial charge in [-0.1, -0.05) is 42.5 Å². The van der Waals surface area contributed by atoms with E-state index >= 15 is 4.39 Å². The molecule has 1 radical (unpaired) electrons. The fourth-order valence-electron chi connectivity index (χ4n) is 8.16. The van der Waals surface area contributed by atoms with Crippen molar-refractivity contribution in [2.75, 3.05) is 75.4 Å². The van der Waals surface area contributed by atoms with Gasteiger partial charge in [-0.15, -0.1) is 6.58 Å². The number of ether oxygens (including phenoxy) is 1. The number of anilines is 2. The summed E-state index contributed by atoms with van der Waals surface area (Å²) in [5.41, 5.74) is 3.03. The summed E-state index contributed by atoms with van der Waals surface area (Å²) in [5, 5.41) is 12.2. The van der Waals surface area contributed by atoms with Gasteiger partial charge < -0.3 is 24.0 Å². The first-order chi connectivity index (χ1) is 25.1. The third kappa shape index (κ3) is 7.56. The first-order valence-electron chi connectivity index (χ1n) is 18.2. The lowest BCUT2D eigenvalue weighted by atomic mass is 9.99. The summed E-state index contributed by atoms with van der Waals surface area (Å²) >= 11 is 0. The van der Waals surface area contributed by atoms with Gasteiger partial charge in [0.25, 0.3) is 0 Å². The third-order valence-electron chi connectivity index (χ3n) is 10.8. The molecule has 13 heteroatoms. The second kappa shape index (κ2) is 15.3. The molecule has 10 nitrogen and oxygen atoms in total. The Morgan fingerprint density at radius 3 is 2.73 bits per heavy atom. The zero-order chi connectivity index (χ0) is 36.4. The Bertz CT molecular complexity index is 1880. The molecule has 3 saturated heterocycles. The Labute approximate surface area is 306 Å². The predicted molar refractivity (Wildman–Crippen MR) is 201 cm³/mol. The monoisotopic (exact) mass is 725 g/mol. The molecule has 5 heterocycles. The van der Waals surface area contributed by atoms with Crippen LogP contribution in [0.25, 0.3) is 10.8 Å². The molecular weight excluding hydrogens is 679 g/mol. The van der Waals surface area contributed by atoms with Gasteiger partial charge >= 0.3 is 6.01 Å². The van der Waals surface area contributed by atoms with Crippen LogP contribution in [-0.2, 0) is 17.8 Å². The Balaban J connectivity index is 1.15. The first kappa shape index (κ1) is 36.0. The van der Waals surface area contributed by atoms with Crippen LogP contribution < -0.4 is 14.5 Å². The Kier molecular flexibility index (Phi) is 10.6. The maximum Gasteiger partial charge on any atom is 0.318 e. The third-order valence-corrected chi connectivity index (χ3v) is 13.6. The summed E-state index contributed by atoms with van der Waals surface area (Å²) in [6.07, 6.45) is 5.78. The van der Waals surface area contributed by atoms with Crippen molar-refractivity contribution in [3.05, 3.63) is 78.0 Å². The molecule has 1 aromatic heterocycles. The second-order valence-electron chi connectivity index (χ2n) is 14.6. The van der Waals surface area contributed by atoms with E-state index in [0.29, 0.717) is 71.1 Å². The number of allylic oxidation sites excluding steroid dienone is 1. The van der Waals surface area contributed by atoms with E-state index in [9.17, 15) is 14.4 Å². The number of piperazine rings is 1. The number of hydrogen-bond donors (Lipinski definition) is 0. The molecule has 4 aliphatic rings. The molecule has 3 fully saturated rings. The van der Waals surface area contributed by atoms with Gasteiger partial charge in [-0.2, -0.15) is 15.2 Å². The number of fused-ring (bicyclic) bond motifs is 2. The molecule has 1 amide bonds. The number of rotatable bonds is 11. The SMILES string of the molecule is C=CCC1(F)CN(C)[Si](COc2nc3c(c(N4CCN(C(=O)/C=C/CN5CC(F)C5)[C@@H](CC#N)C4)n2)CCN(c2cccc4cccc(C)c24)C3)C1. The fourth-order valence-corrected chi connectivity index (χ4v) is 10.5. The van der Waals surface area contributed by atoms with Crippen LogP contribution in [0.1, 0.15) is 29.7 Å². The van der Waals surface area contributed by atoms with E-state index < -0.39 is 20.8 Å². The zero-order valence-corrected chi connectivity index (χ0v) is 31.1. The number of carbonyl (C=O) groups excluding carboxylic acids is 1. The van der Waals surface area contributed by atoms with Gasteiger partial charge in [0.05, 0.1) is 37.0 Å². The van der Waals surface area contributed by atoms with Crippen LogP contribution in [0.15, 0.2) is 61.2 Å². The van der Waals surface area contributed by atoms with Crippen LogP contribution >= 0.6 is 0 Å². The number of nitriles is 1. The zero-order valence-electron chi connectivity index (χ0n) is 30.1. The Morgan fingerprint density at radius 2 is 1.96 bits per heavy atom. The highest BCUT2D eigenvalue weighted by atomic mass is 28.3. The number of carbonyl (C=O) groups is 1. The van der Waals surface area contributed by atoms with Gasteiger partial charge in [-0.25, -0.2) is 8.78 Å². The van der Waals surface area contributed by atoms with Gasteiger partial charge in [-0.05, 0) is 43.5 Å². The van der Waals surface area contributed by atoms with Gasteiger partial charge in [0.2, 0.25) is 5.91 Å². The van der Waals surface area contributed by atoms with Crippen LogP contribution in [0, 0.1) is 18.3 Å². The van der Waals surface area contributed by atoms with Crippen LogP contribution in [0.2, 0.25) is 6.04 Å². The summed E-state index contributed by atoms with van der Waals surface area (Å²) in [7, 11) is 0.634. The summed E-state index contributed by atoms with van der Waals surface area (Å²) in [6, 6.07) is 15.5. The molecule has 0 saturated carbocycles. The molecule has 7 rings (SSSR count). The summed E-state index contributed by atoms with van der Waals surface area (Å²) in [4.78, 5) is 31.6. The lowest BCUT2D eigenvalue weighted by molar-refractivity contribution is -0.128. The normalized spacial score (nSPS) is 23.2. The summed E-state index contributed by atoms with van der Waals surface area (Å²) < 4.78 is 37.2. The lowest BCUT2D eigenvalue weighted by Gasteiger charge is -2.42. The molecule has 0 aliphatic carbocycles. The maximum absolute atomic E-state index is 15.5. The molecule has 52 heavy (non-hydrogen) atoms. The molecule has 2 atom stereocenters. The number of amides is 1. The minimum absolute atomic E-state index is 0.142. The molecule has 1 unspecified atom stereocenters. The number of aromatic nitrogens is 2. The number of nitrogens with zero attached hydrogens (tertiary/aromatic N) is 8.